The third-order valence-electron chi connectivity index (χ3n) is 4.61. The van der Waals surface area contributed by atoms with E-state index in [1.807, 2.05) is 6.07 Å². The molecule has 1 heterocycles. The summed E-state index contributed by atoms with van der Waals surface area (Å²) in [5.74, 6) is -0.692. The summed E-state index contributed by atoms with van der Waals surface area (Å²) in [6.07, 6.45) is -0.169. The van der Waals surface area contributed by atoms with E-state index >= 15 is 0 Å². The molecule has 0 saturated carbocycles. The average molecular weight is 427 g/mol. The fourth-order valence-electron chi connectivity index (χ4n) is 3.10. The molecule has 0 bridgehead atoms. The van der Waals surface area contributed by atoms with Crippen molar-refractivity contribution >= 4 is 46.5 Å². The maximum atomic E-state index is 13.2. The summed E-state index contributed by atoms with van der Waals surface area (Å²) in [7, 11) is 2.79. The van der Waals surface area contributed by atoms with Gasteiger partial charge >= 0.3 is 5.97 Å². The number of anilines is 2. The number of nitrogens with one attached hydrogen (secondary N) is 1. The van der Waals surface area contributed by atoms with Crippen molar-refractivity contribution < 1.29 is 23.9 Å². The lowest BCUT2D eigenvalue weighted by Crippen LogP contribution is -2.41. The molecule has 8 nitrogen and oxygen atoms in total. The minimum absolute atomic E-state index is 0.132. The Hall–Kier alpha value is -3.46. The first-order chi connectivity index (χ1) is 14.4. The molecule has 1 aliphatic heterocycles. The molecule has 1 fully saturated rings. The van der Waals surface area contributed by atoms with Gasteiger partial charge in [-0.1, -0.05) is 18.2 Å². The number of carbonyl (C=O) groups is 3. The topological polar surface area (TPSA) is 88.2 Å². The van der Waals surface area contributed by atoms with E-state index in [0.717, 1.165) is 0 Å². The molecule has 0 radical (unpaired) electrons. The minimum atomic E-state index is -0.928. The van der Waals surface area contributed by atoms with Crippen LogP contribution in [-0.2, 0) is 19.1 Å². The number of carbonyl (C=O) groups excluding carboxylic acids is 3. The fraction of sp³-hybridized carbons (Fsp3) is 0.238. The highest BCUT2D eigenvalue weighted by atomic mass is 32.1. The SMILES string of the molecule is COC(=O)CN1C(=S)N(c2ccc(OC)cc2)C(=O)C1CC(=O)Nc1ccccc1. The van der Waals surface area contributed by atoms with Crippen molar-refractivity contribution in [3.8, 4) is 5.75 Å². The van der Waals surface area contributed by atoms with E-state index in [1.165, 1.54) is 16.9 Å². The summed E-state index contributed by atoms with van der Waals surface area (Å²) in [4.78, 5) is 40.4. The molecule has 2 aromatic rings. The first-order valence-corrected chi connectivity index (χ1v) is 9.55. The normalized spacial score (nSPS) is 15.9. The molecule has 1 saturated heterocycles. The van der Waals surface area contributed by atoms with Crippen LogP contribution in [0.2, 0.25) is 0 Å². The molecule has 1 aliphatic rings. The summed E-state index contributed by atoms with van der Waals surface area (Å²) < 4.78 is 9.87. The van der Waals surface area contributed by atoms with Crippen LogP contribution in [0.4, 0.5) is 11.4 Å². The van der Waals surface area contributed by atoms with Crippen LogP contribution < -0.4 is 15.0 Å². The number of esters is 1. The van der Waals surface area contributed by atoms with Crippen molar-refractivity contribution in [2.24, 2.45) is 0 Å². The Morgan fingerprint density at radius 1 is 1.07 bits per heavy atom. The number of amides is 2. The molecule has 30 heavy (non-hydrogen) atoms. The Morgan fingerprint density at radius 2 is 1.73 bits per heavy atom. The number of nitrogens with zero attached hydrogens (tertiary/aromatic N) is 2. The van der Waals surface area contributed by atoms with Crippen molar-refractivity contribution in [1.82, 2.24) is 4.90 Å². The van der Waals surface area contributed by atoms with Crippen LogP contribution in [0.3, 0.4) is 0 Å². The fourth-order valence-corrected chi connectivity index (χ4v) is 3.48. The van der Waals surface area contributed by atoms with Gasteiger partial charge in [0.25, 0.3) is 5.91 Å². The largest absolute Gasteiger partial charge is 0.497 e. The number of para-hydroxylation sites is 1. The molecule has 156 valence electrons. The first-order valence-electron chi connectivity index (χ1n) is 9.15. The lowest BCUT2D eigenvalue weighted by Gasteiger charge is -2.22. The van der Waals surface area contributed by atoms with Gasteiger partial charge in [0.1, 0.15) is 18.3 Å². The summed E-state index contributed by atoms with van der Waals surface area (Å²) in [6.45, 7) is -0.239. The second kappa shape index (κ2) is 9.36. The van der Waals surface area contributed by atoms with Crippen LogP contribution >= 0.6 is 12.2 Å². The highest BCUT2D eigenvalue weighted by Crippen LogP contribution is 2.28. The summed E-state index contributed by atoms with van der Waals surface area (Å²) in [5.41, 5.74) is 1.13. The maximum absolute atomic E-state index is 13.2. The number of hydrogen-bond acceptors (Lipinski definition) is 6. The lowest BCUT2D eigenvalue weighted by molar-refractivity contribution is -0.141. The van der Waals surface area contributed by atoms with Gasteiger partial charge in [-0.05, 0) is 48.6 Å². The van der Waals surface area contributed by atoms with Gasteiger partial charge in [-0.3, -0.25) is 19.3 Å². The lowest BCUT2D eigenvalue weighted by atomic mass is 10.1. The van der Waals surface area contributed by atoms with Crippen molar-refractivity contribution in [3.05, 3.63) is 54.6 Å². The zero-order valence-corrected chi connectivity index (χ0v) is 17.3. The summed E-state index contributed by atoms with van der Waals surface area (Å²) in [6, 6.07) is 14.8. The first kappa shape index (κ1) is 21.3. The molecule has 3 rings (SSSR count). The van der Waals surface area contributed by atoms with Crippen molar-refractivity contribution in [3.63, 3.8) is 0 Å². The van der Waals surface area contributed by atoms with Gasteiger partial charge < -0.3 is 19.7 Å². The van der Waals surface area contributed by atoms with E-state index in [4.69, 9.17) is 21.7 Å². The summed E-state index contributed by atoms with van der Waals surface area (Å²) in [5, 5.41) is 2.88. The van der Waals surface area contributed by atoms with Crippen LogP contribution in [0.15, 0.2) is 54.6 Å². The van der Waals surface area contributed by atoms with Crippen molar-refractivity contribution in [1.29, 1.82) is 0 Å². The molecule has 1 N–H and O–H groups in total. The standard InChI is InChI=1S/C21H21N3O5S/c1-28-16-10-8-15(9-11-16)24-20(27)17(23(21(24)30)13-19(26)29-2)12-18(25)22-14-6-4-3-5-7-14/h3-11,17H,12-13H2,1-2H3,(H,22,25). The number of thiocarbonyl (C=S) groups is 1. The molecular weight excluding hydrogens is 406 g/mol. The molecule has 0 spiro atoms. The molecule has 0 aromatic heterocycles. The Kier molecular flexibility index (Phi) is 6.63. The summed E-state index contributed by atoms with van der Waals surface area (Å²) >= 11 is 5.47. The number of hydrogen-bond donors (Lipinski definition) is 1. The zero-order valence-electron chi connectivity index (χ0n) is 16.5. The predicted octanol–water partition coefficient (Wildman–Crippen LogP) is 2.20. The van der Waals surface area contributed by atoms with Crippen molar-refractivity contribution in [2.75, 3.05) is 31.0 Å². The molecular formula is C21H21N3O5S. The quantitative estimate of drug-likeness (QED) is 0.535. The van der Waals surface area contributed by atoms with Gasteiger partial charge in [0.15, 0.2) is 5.11 Å². The number of methoxy groups -OCH3 is 2. The highest BCUT2D eigenvalue weighted by Gasteiger charge is 2.45. The monoisotopic (exact) mass is 427 g/mol. The second-order valence-corrected chi connectivity index (χ2v) is 6.86. The number of ether oxygens (including phenoxy) is 2. The zero-order chi connectivity index (χ0) is 21.7. The van der Waals surface area contributed by atoms with E-state index in [0.29, 0.717) is 17.1 Å². The van der Waals surface area contributed by atoms with Crippen LogP contribution in [0, 0.1) is 0 Å². The van der Waals surface area contributed by atoms with Crippen LogP contribution in [0.25, 0.3) is 0 Å². The van der Waals surface area contributed by atoms with Gasteiger partial charge in [-0.15, -0.1) is 0 Å². The van der Waals surface area contributed by atoms with E-state index < -0.39 is 17.9 Å². The second-order valence-electron chi connectivity index (χ2n) is 6.49. The van der Waals surface area contributed by atoms with Crippen LogP contribution in [-0.4, -0.2) is 54.6 Å². The Balaban J connectivity index is 1.84. The molecule has 2 amide bonds. The van der Waals surface area contributed by atoms with E-state index in [-0.39, 0.29) is 24.0 Å². The molecule has 9 heteroatoms. The van der Waals surface area contributed by atoms with Gasteiger partial charge in [0.2, 0.25) is 5.91 Å². The molecule has 0 aliphatic carbocycles. The molecule has 2 aromatic carbocycles. The average Bonchev–Trinajstić information content (AvgIpc) is 2.98. The predicted molar refractivity (Wildman–Crippen MR) is 115 cm³/mol. The number of benzene rings is 2. The Morgan fingerprint density at radius 3 is 2.33 bits per heavy atom. The third kappa shape index (κ3) is 4.57. The Bertz CT molecular complexity index is 949. The Labute approximate surface area is 179 Å². The molecule has 1 atom stereocenters. The van der Waals surface area contributed by atoms with E-state index in [1.54, 1.807) is 55.6 Å². The third-order valence-corrected chi connectivity index (χ3v) is 5.03. The van der Waals surface area contributed by atoms with E-state index in [9.17, 15) is 14.4 Å². The minimum Gasteiger partial charge on any atom is -0.497 e. The van der Waals surface area contributed by atoms with Gasteiger partial charge in [0, 0.05) is 5.69 Å². The van der Waals surface area contributed by atoms with Gasteiger partial charge in [-0.25, -0.2) is 0 Å². The molecule has 1 unspecified atom stereocenters. The smallest absolute Gasteiger partial charge is 0.325 e. The maximum Gasteiger partial charge on any atom is 0.325 e. The van der Waals surface area contributed by atoms with Crippen LogP contribution in [0.1, 0.15) is 6.42 Å². The van der Waals surface area contributed by atoms with Crippen molar-refractivity contribution in [2.45, 2.75) is 12.5 Å². The van der Waals surface area contributed by atoms with Gasteiger partial charge in [0.05, 0.1) is 26.3 Å². The highest BCUT2D eigenvalue weighted by molar-refractivity contribution is 7.80. The van der Waals surface area contributed by atoms with Crippen LogP contribution in [0.5, 0.6) is 5.75 Å². The van der Waals surface area contributed by atoms with E-state index in [2.05, 4.69) is 5.32 Å². The number of rotatable bonds is 7. The van der Waals surface area contributed by atoms with Gasteiger partial charge in [-0.2, -0.15) is 0 Å².